The van der Waals surface area contributed by atoms with Crippen molar-refractivity contribution in [2.75, 3.05) is 0 Å². The van der Waals surface area contributed by atoms with Gasteiger partial charge in [-0.05, 0) is 6.92 Å². The first kappa shape index (κ1) is 19.8. The van der Waals surface area contributed by atoms with E-state index in [9.17, 15) is 9.90 Å². The van der Waals surface area contributed by atoms with Gasteiger partial charge in [-0.2, -0.15) is 0 Å². The minimum atomic E-state index is -4.64. The average molecular weight is 236 g/mol. The van der Waals surface area contributed by atoms with Gasteiger partial charge in [0.2, 0.25) is 0 Å². The second-order valence-corrected chi connectivity index (χ2v) is 2.75. The Balaban J connectivity index is -0.000000177. The molecule has 0 amide bonds. The molecule has 14 heavy (non-hydrogen) atoms. The Hall–Kier alpha value is 0.280. The molecular formula is C5H10NaO7P. The quantitative estimate of drug-likeness (QED) is 0.145. The fourth-order valence-electron chi connectivity index (χ4n) is 0.212. The SMILES string of the molecule is C=CC(=O)OC(C)[O-].O=P(O)(O)O.[Na+]. The van der Waals surface area contributed by atoms with Crippen molar-refractivity contribution in [3.8, 4) is 0 Å². The summed E-state index contributed by atoms with van der Waals surface area (Å²) in [7, 11) is -4.64. The molecule has 0 aliphatic rings. The predicted molar refractivity (Wildman–Crippen MR) is 40.0 cm³/mol. The van der Waals surface area contributed by atoms with Crippen LogP contribution in [0.1, 0.15) is 6.92 Å². The van der Waals surface area contributed by atoms with E-state index in [1.54, 1.807) is 0 Å². The van der Waals surface area contributed by atoms with Gasteiger partial charge in [0.25, 0.3) is 0 Å². The first-order valence-corrected chi connectivity index (χ1v) is 4.50. The Morgan fingerprint density at radius 1 is 1.57 bits per heavy atom. The van der Waals surface area contributed by atoms with Crippen LogP contribution in [0.2, 0.25) is 0 Å². The van der Waals surface area contributed by atoms with Crippen LogP contribution in [0.4, 0.5) is 0 Å². The van der Waals surface area contributed by atoms with Crippen LogP contribution in [0.5, 0.6) is 0 Å². The maximum Gasteiger partial charge on any atom is 1.00 e. The van der Waals surface area contributed by atoms with Gasteiger partial charge in [-0.25, -0.2) is 9.36 Å². The van der Waals surface area contributed by atoms with E-state index in [0.717, 1.165) is 6.08 Å². The van der Waals surface area contributed by atoms with Gasteiger partial charge in [-0.1, -0.05) is 6.58 Å². The Labute approximate surface area is 103 Å². The minimum absolute atomic E-state index is 0. The van der Waals surface area contributed by atoms with Gasteiger partial charge in [-0.15, -0.1) is 0 Å². The zero-order valence-electron chi connectivity index (χ0n) is 7.78. The molecule has 0 aromatic heterocycles. The maximum absolute atomic E-state index is 10.1. The van der Waals surface area contributed by atoms with E-state index in [1.165, 1.54) is 6.92 Å². The number of hydrogen-bond donors (Lipinski definition) is 3. The van der Waals surface area contributed by atoms with Crippen molar-refractivity contribution in [3.63, 3.8) is 0 Å². The molecule has 1 unspecified atom stereocenters. The molecule has 0 bridgehead atoms. The van der Waals surface area contributed by atoms with E-state index >= 15 is 0 Å². The van der Waals surface area contributed by atoms with Gasteiger partial charge in [0.15, 0.2) is 0 Å². The molecule has 0 saturated heterocycles. The van der Waals surface area contributed by atoms with Crippen molar-refractivity contribution < 1.29 is 63.4 Å². The van der Waals surface area contributed by atoms with E-state index in [-0.39, 0.29) is 29.6 Å². The van der Waals surface area contributed by atoms with Crippen LogP contribution in [-0.4, -0.2) is 26.9 Å². The molecule has 0 aromatic rings. The van der Waals surface area contributed by atoms with Gasteiger partial charge in [-0.3, -0.25) is 0 Å². The summed E-state index contributed by atoms with van der Waals surface area (Å²) in [6.45, 7) is 4.34. The van der Waals surface area contributed by atoms with Crippen molar-refractivity contribution >= 4 is 13.8 Å². The van der Waals surface area contributed by atoms with Crippen LogP contribution >= 0.6 is 7.82 Å². The zero-order valence-corrected chi connectivity index (χ0v) is 10.7. The molecule has 0 rings (SSSR count). The molecule has 0 fully saturated rings. The van der Waals surface area contributed by atoms with Crippen molar-refractivity contribution in [2.24, 2.45) is 0 Å². The number of rotatable bonds is 2. The average Bonchev–Trinajstić information content (AvgIpc) is 1.82. The zero-order chi connectivity index (χ0) is 11.1. The summed E-state index contributed by atoms with van der Waals surface area (Å²) >= 11 is 0. The number of esters is 1. The van der Waals surface area contributed by atoms with Crippen LogP contribution < -0.4 is 34.7 Å². The largest absolute Gasteiger partial charge is 1.00 e. The summed E-state index contributed by atoms with van der Waals surface area (Å²) in [5, 5.41) is 10.0. The Kier molecular flexibility index (Phi) is 13.9. The third-order valence-electron chi connectivity index (χ3n) is 0.449. The molecule has 78 valence electrons. The second kappa shape index (κ2) is 9.82. The molecule has 1 atom stereocenters. The Morgan fingerprint density at radius 2 is 1.86 bits per heavy atom. The Morgan fingerprint density at radius 3 is 1.93 bits per heavy atom. The normalized spacial score (nSPS) is 11.2. The monoisotopic (exact) mass is 236 g/mol. The molecule has 9 heteroatoms. The van der Waals surface area contributed by atoms with Gasteiger partial charge in [0, 0.05) is 12.4 Å². The summed E-state index contributed by atoms with van der Waals surface area (Å²) in [4.78, 5) is 31.6. The third-order valence-corrected chi connectivity index (χ3v) is 0.449. The molecule has 0 aliphatic heterocycles. The van der Waals surface area contributed by atoms with E-state index in [0.29, 0.717) is 0 Å². The predicted octanol–water partition coefficient (Wildman–Crippen LogP) is -4.50. The van der Waals surface area contributed by atoms with Crippen LogP contribution in [0.25, 0.3) is 0 Å². The fraction of sp³-hybridized carbons (Fsp3) is 0.400. The van der Waals surface area contributed by atoms with Crippen LogP contribution in [0.3, 0.4) is 0 Å². The standard InChI is InChI=1S/C5H7O3.Na.H3O4P/c1-3-5(7)8-4(2)6;;1-5(2,3)4/h3-4H,1H2,2H3;;(H3,1,2,3,4)/q-1;+1;. The van der Waals surface area contributed by atoms with E-state index in [4.69, 9.17) is 19.2 Å². The summed E-state index contributed by atoms with van der Waals surface area (Å²) in [6.07, 6.45) is -0.338. The molecule has 0 aromatic carbocycles. The van der Waals surface area contributed by atoms with Crippen LogP contribution in [0, 0.1) is 0 Å². The second-order valence-electron chi connectivity index (χ2n) is 1.72. The fourth-order valence-corrected chi connectivity index (χ4v) is 0.212. The summed E-state index contributed by atoms with van der Waals surface area (Å²) in [5.41, 5.74) is 0. The number of carbonyl (C=O) groups excluding carboxylic acids is 1. The summed E-state index contributed by atoms with van der Waals surface area (Å²) in [6, 6.07) is 0. The molecule has 0 spiro atoms. The van der Waals surface area contributed by atoms with Gasteiger partial charge in [0.05, 0.1) is 0 Å². The van der Waals surface area contributed by atoms with Gasteiger partial charge in [0.1, 0.15) is 0 Å². The first-order valence-electron chi connectivity index (χ1n) is 2.94. The van der Waals surface area contributed by atoms with Crippen LogP contribution in [0.15, 0.2) is 12.7 Å². The van der Waals surface area contributed by atoms with Crippen molar-refractivity contribution in [1.29, 1.82) is 0 Å². The molecule has 0 heterocycles. The molecular weight excluding hydrogens is 226 g/mol. The number of carbonyl (C=O) groups is 1. The third kappa shape index (κ3) is 39.6. The van der Waals surface area contributed by atoms with Gasteiger partial charge >= 0.3 is 43.3 Å². The Bertz CT molecular complexity index is 202. The first-order chi connectivity index (χ1) is 5.66. The number of phosphoric acid groups is 1. The number of hydrogen-bond acceptors (Lipinski definition) is 4. The molecule has 3 N–H and O–H groups in total. The molecule has 0 saturated carbocycles. The van der Waals surface area contributed by atoms with Crippen molar-refractivity contribution in [3.05, 3.63) is 12.7 Å². The molecule has 0 aliphatic carbocycles. The van der Waals surface area contributed by atoms with E-state index in [2.05, 4.69) is 11.3 Å². The van der Waals surface area contributed by atoms with Crippen molar-refractivity contribution in [2.45, 2.75) is 13.2 Å². The summed E-state index contributed by atoms with van der Waals surface area (Å²) in [5.74, 6) is -0.674. The van der Waals surface area contributed by atoms with Crippen molar-refractivity contribution in [1.82, 2.24) is 0 Å². The van der Waals surface area contributed by atoms with Crippen LogP contribution in [-0.2, 0) is 14.1 Å². The number of ether oxygens (including phenoxy) is 1. The topological polar surface area (TPSA) is 127 Å². The van der Waals surface area contributed by atoms with Gasteiger partial charge < -0.3 is 24.5 Å². The molecule has 0 radical (unpaired) electrons. The van der Waals surface area contributed by atoms with E-state index in [1.807, 2.05) is 0 Å². The minimum Gasteiger partial charge on any atom is -0.822 e. The maximum atomic E-state index is 10.1. The molecule has 7 nitrogen and oxygen atoms in total. The van der Waals surface area contributed by atoms with E-state index < -0.39 is 20.1 Å². The summed E-state index contributed by atoms with van der Waals surface area (Å²) < 4.78 is 13.0. The smallest absolute Gasteiger partial charge is 0.822 e.